The minimum Gasteiger partial charge on any atom is -0.381 e. The number of ether oxygens (including phenoxy) is 1. The van der Waals surface area contributed by atoms with E-state index in [0.717, 1.165) is 0 Å². The normalized spacial score (nSPS) is 26.1. The average Bonchev–Trinajstić information content (AvgIpc) is 2.83. The first-order valence-electron chi connectivity index (χ1n) is 6.23. The van der Waals surface area contributed by atoms with Crippen molar-refractivity contribution in [3.05, 3.63) is 18.0 Å². The van der Waals surface area contributed by atoms with Crippen LogP contribution in [0.2, 0.25) is 0 Å². The number of H-pyrrole nitrogens is 1. The molecule has 0 aliphatic heterocycles. The second-order valence-corrected chi connectivity index (χ2v) is 7.23. The van der Waals surface area contributed by atoms with Crippen LogP contribution in [0.4, 0.5) is 0 Å². The largest absolute Gasteiger partial charge is 0.381 e. The van der Waals surface area contributed by atoms with E-state index in [-0.39, 0.29) is 29.0 Å². The minimum atomic E-state index is -3.50. The van der Waals surface area contributed by atoms with E-state index in [0.29, 0.717) is 12.1 Å². The molecule has 0 saturated heterocycles. The molecule has 7 heteroatoms. The van der Waals surface area contributed by atoms with E-state index >= 15 is 0 Å². The zero-order chi connectivity index (χ0) is 14.3. The molecule has 2 rings (SSSR count). The number of nitrogens with one attached hydrogen (secondary N) is 2. The molecule has 2 atom stereocenters. The highest BCUT2D eigenvalue weighted by Crippen LogP contribution is 2.43. The predicted octanol–water partition coefficient (Wildman–Crippen LogP) is 0.565. The molecule has 1 saturated carbocycles. The Morgan fingerprint density at radius 1 is 1.58 bits per heavy atom. The Morgan fingerprint density at radius 3 is 2.74 bits per heavy atom. The van der Waals surface area contributed by atoms with Crippen LogP contribution in [0.1, 0.15) is 26.0 Å². The monoisotopic (exact) mass is 287 g/mol. The summed E-state index contributed by atoms with van der Waals surface area (Å²) in [5.74, 6) is 0. The van der Waals surface area contributed by atoms with Crippen LogP contribution < -0.4 is 10.5 Å². The predicted molar refractivity (Wildman–Crippen MR) is 72.0 cm³/mol. The molecule has 4 N–H and O–H groups in total. The summed E-state index contributed by atoms with van der Waals surface area (Å²) in [5.41, 5.74) is 5.96. The highest BCUT2D eigenvalue weighted by atomic mass is 32.2. The molecule has 1 aliphatic carbocycles. The molecule has 1 aliphatic rings. The molecular formula is C12H21N3O3S. The second kappa shape index (κ2) is 4.90. The van der Waals surface area contributed by atoms with E-state index in [1.54, 1.807) is 13.2 Å². The number of methoxy groups -OCH3 is 1. The Balaban J connectivity index is 2.11. The minimum absolute atomic E-state index is 0.0889. The second-order valence-electron chi connectivity index (χ2n) is 5.52. The van der Waals surface area contributed by atoms with Crippen LogP contribution in [0.3, 0.4) is 0 Å². The van der Waals surface area contributed by atoms with Crippen LogP contribution >= 0.6 is 0 Å². The number of rotatable bonds is 5. The highest BCUT2D eigenvalue weighted by Gasteiger charge is 2.50. The van der Waals surface area contributed by atoms with Gasteiger partial charge in [-0.2, -0.15) is 0 Å². The van der Waals surface area contributed by atoms with Gasteiger partial charge in [0.2, 0.25) is 10.0 Å². The Labute approximate surface area is 113 Å². The van der Waals surface area contributed by atoms with Crippen molar-refractivity contribution in [2.75, 3.05) is 7.11 Å². The van der Waals surface area contributed by atoms with Crippen LogP contribution in [0, 0.1) is 5.41 Å². The van der Waals surface area contributed by atoms with Gasteiger partial charge in [0.25, 0.3) is 0 Å². The molecule has 0 radical (unpaired) electrons. The maximum Gasteiger partial charge on any atom is 0.242 e. The highest BCUT2D eigenvalue weighted by molar-refractivity contribution is 7.89. The van der Waals surface area contributed by atoms with Crippen molar-refractivity contribution in [3.8, 4) is 0 Å². The van der Waals surface area contributed by atoms with Gasteiger partial charge in [-0.05, 0) is 12.5 Å². The van der Waals surface area contributed by atoms with E-state index in [1.807, 2.05) is 13.8 Å². The first-order valence-corrected chi connectivity index (χ1v) is 7.72. The fourth-order valence-corrected chi connectivity index (χ4v) is 3.85. The third-order valence-corrected chi connectivity index (χ3v) is 5.46. The lowest BCUT2D eigenvalue weighted by molar-refractivity contribution is -0.0908. The molecule has 0 spiro atoms. The summed E-state index contributed by atoms with van der Waals surface area (Å²) >= 11 is 0. The average molecular weight is 287 g/mol. The Kier molecular flexibility index (Phi) is 3.74. The molecular weight excluding hydrogens is 266 g/mol. The van der Waals surface area contributed by atoms with Crippen molar-refractivity contribution in [1.82, 2.24) is 9.71 Å². The van der Waals surface area contributed by atoms with Gasteiger partial charge in [0.05, 0.1) is 11.0 Å². The van der Waals surface area contributed by atoms with E-state index in [4.69, 9.17) is 10.5 Å². The molecule has 2 unspecified atom stereocenters. The summed E-state index contributed by atoms with van der Waals surface area (Å²) in [7, 11) is -1.86. The van der Waals surface area contributed by atoms with E-state index in [9.17, 15) is 8.42 Å². The molecule has 1 aromatic rings. The number of sulfonamides is 1. The van der Waals surface area contributed by atoms with Crippen molar-refractivity contribution < 1.29 is 13.2 Å². The third kappa shape index (κ3) is 2.55. The smallest absolute Gasteiger partial charge is 0.242 e. The summed E-state index contributed by atoms with van der Waals surface area (Å²) in [6.45, 7) is 4.29. The van der Waals surface area contributed by atoms with Gasteiger partial charge in [0.15, 0.2) is 0 Å². The topological polar surface area (TPSA) is 97.2 Å². The van der Waals surface area contributed by atoms with Gasteiger partial charge < -0.3 is 15.5 Å². The summed E-state index contributed by atoms with van der Waals surface area (Å²) in [4.78, 5) is 3.07. The Morgan fingerprint density at radius 2 is 2.26 bits per heavy atom. The number of hydrogen-bond donors (Lipinski definition) is 3. The Hall–Kier alpha value is -0.890. The van der Waals surface area contributed by atoms with Gasteiger partial charge in [0, 0.05) is 37.0 Å². The van der Waals surface area contributed by atoms with Crippen LogP contribution in [-0.2, 0) is 21.3 Å². The maximum absolute atomic E-state index is 12.2. The molecule has 0 amide bonds. The third-order valence-electron chi connectivity index (χ3n) is 4.01. The van der Waals surface area contributed by atoms with Crippen molar-refractivity contribution in [1.29, 1.82) is 0 Å². The maximum atomic E-state index is 12.2. The lowest BCUT2D eigenvalue weighted by atomic mass is 9.65. The lowest BCUT2D eigenvalue weighted by Gasteiger charge is -2.50. The molecule has 1 heterocycles. The number of aromatic nitrogens is 1. The quantitative estimate of drug-likeness (QED) is 0.737. The van der Waals surface area contributed by atoms with Gasteiger partial charge in [-0.15, -0.1) is 0 Å². The van der Waals surface area contributed by atoms with Crippen LogP contribution in [0.25, 0.3) is 0 Å². The fourth-order valence-electron chi connectivity index (χ4n) is 2.43. The SMILES string of the molecule is COC1CC(NS(=O)(=O)c2c[nH]c(CN)c2)C1(C)C. The summed E-state index contributed by atoms with van der Waals surface area (Å²) in [6, 6.07) is 1.45. The van der Waals surface area contributed by atoms with E-state index in [2.05, 4.69) is 9.71 Å². The molecule has 6 nitrogen and oxygen atoms in total. The number of hydrogen-bond acceptors (Lipinski definition) is 4. The first-order chi connectivity index (χ1) is 8.81. The van der Waals surface area contributed by atoms with Gasteiger partial charge in [-0.3, -0.25) is 0 Å². The molecule has 1 fully saturated rings. The standard InChI is InChI=1S/C12H21N3O3S/c1-12(2)10(5-11(12)18-3)15-19(16,17)9-4-8(6-13)14-7-9/h4,7,10-11,14-15H,5-6,13H2,1-3H3. The van der Waals surface area contributed by atoms with Crippen molar-refractivity contribution >= 4 is 10.0 Å². The fraction of sp³-hybridized carbons (Fsp3) is 0.667. The zero-order valence-corrected chi connectivity index (χ0v) is 12.3. The molecule has 108 valence electrons. The van der Waals surface area contributed by atoms with Crippen molar-refractivity contribution in [3.63, 3.8) is 0 Å². The summed E-state index contributed by atoms with van der Waals surface area (Å²) < 4.78 is 32.5. The Bertz CT molecular complexity index is 550. The van der Waals surface area contributed by atoms with Crippen LogP contribution in [-0.4, -0.2) is 32.7 Å². The zero-order valence-electron chi connectivity index (χ0n) is 11.4. The molecule has 1 aromatic heterocycles. The van der Waals surface area contributed by atoms with Gasteiger partial charge in [-0.1, -0.05) is 13.8 Å². The number of nitrogens with two attached hydrogens (primary N) is 1. The lowest BCUT2D eigenvalue weighted by Crippen LogP contribution is -2.61. The van der Waals surface area contributed by atoms with Crippen LogP contribution in [0.5, 0.6) is 0 Å². The molecule has 19 heavy (non-hydrogen) atoms. The summed E-state index contributed by atoms with van der Waals surface area (Å²) in [5, 5.41) is 0. The molecule has 0 bridgehead atoms. The van der Waals surface area contributed by atoms with Gasteiger partial charge in [-0.25, -0.2) is 13.1 Å². The first kappa shape index (κ1) is 14.5. The van der Waals surface area contributed by atoms with E-state index in [1.165, 1.54) is 6.20 Å². The van der Waals surface area contributed by atoms with Gasteiger partial charge >= 0.3 is 0 Å². The van der Waals surface area contributed by atoms with Crippen LogP contribution in [0.15, 0.2) is 17.2 Å². The van der Waals surface area contributed by atoms with Crippen molar-refractivity contribution in [2.45, 2.75) is 43.9 Å². The summed E-state index contributed by atoms with van der Waals surface area (Å²) in [6.07, 6.45) is 2.24. The molecule has 0 aromatic carbocycles. The van der Waals surface area contributed by atoms with E-state index < -0.39 is 10.0 Å². The number of aromatic amines is 1. The van der Waals surface area contributed by atoms with Crippen molar-refractivity contribution in [2.24, 2.45) is 11.1 Å². The van der Waals surface area contributed by atoms with Gasteiger partial charge in [0.1, 0.15) is 0 Å².